The third-order valence-corrected chi connectivity index (χ3v) is 6.27. The molecule has 0 fully saturated rings. The van der Waals surface area contributed by atoms with E-state index >= 15 is 0 Å². The Hall–Kier alpha value is -2.16. The van der Waals surface area contributed by atoms with Crippen molar-refractivity contribution in [3.8, 4) is 16.9 Å². The van der Waals surface area contributed by atoms with E-state index in [2.05, 4.69) is 20.3 Å². The Morgan fingerprint density at radius 3 is 2.93 bits per heavy atom. The molecular formula is C18H15ClN4O2S2. The normalized spacial score (nSPS) is 15.3. The van der Waals surface area contributed by atoms with Gasteiger partial charge in [0.2, 0.25) is 0 Å². The van der Waals surface area contributed by atoms with Gasteiger partial charge in [-0.25, -0.2) is 15.0 Å². The van der Waals surface area contributed by atoms with Gasteiger partial charge in [0.05, 0.1) is 11.6 Å². The molecule has 0 spiro atoms. The lowest BCUT2D eigenvalue weighted by atomic mass is 10.0. The molecule has 0 saturated heterocycles. The van der Waals surface area contributed by atoms with Crippen molar-refractivity contribution in [2.24, 2.45) is 0 Å². The first-order valence-electron chi connectivity index (χ1n) is 8.16. The van der Waals surface area contributed by atoms with Gasteiger partial charge in [0.25, 0.3) is 5.91 Å². The molecule has 3 aromatic rings. The second kappa shape index (κ2) is 7.84. The summed E-state index contributed by atoms with van der Waals surface area (Å²) in [6, 6.07) is 3.88. The summed E-state index contributed by atoms with van der Waals surface area (Å²) in [6.45, 7) is 0.389. The van der Waals surface area contributed by atoms with Gasteiger partial charge in [-0.3, -0.25) is 4.79 Å². The van der Waals surface area contributed by atoms with E-state index in [1.165, 1.54) is 29.4 Å². The molecule has 27 heavy (non-hydrogen) atoms. The quantitative estimate of drug-likeness (QED) is 0.636. The summed E-state index contributed by atoms with van der Waals surface area (Å²) in [5.74, 6) is 0.481. The molecule has 1 N–H and O–H groups in total. The molecular weight excluding hydrogens is 404 g/mol. The van der Waals surface area contributed by atoms with Crippen molar-refractivity contribution in [1.82, 2.24) is 20.3 Å². The summed E-state index contributed by atoms with van der Waals surface area (Å²) in [5, 5.41) is 5.19. The SMILES string of the molecule is CSc1nc(C(=O)NCC2Cc3cc(-c4cncnc4)cc(Cl)c3O2)cs1. The van der Waals surface area contributed by atoms with E-state index < -0.39 is 0 Å². The van der Waals surface area contributed by atoms with Crippen LogP contribution in [0.3, 0.4) is 0 Å². The zero-order valence-corrected chi connectivity index (χ0v) is 16.7. The summed E-state index contributed by atoms with van der Waals surface area (Å²) < 4.78 is 6.81. The molecule has 1 unspecified atom stereocenters. The summed E-state index contributed by atoms with van der Waals surface area (Å²) in [7, 11) is 0. The number of rotatable bonds is 5. The largest absolute Gasteiger partial charge is 0.486 e. The van der Waals surface area contributed by atoms with E-state index in [1.807, 2.05) is 18.4 Å². The van der Waals surface area contributed by atoms with Gasteiger partial charge >= 0.3 is 0 Å². The fourth-order valence-electron chi connectivity index (χ4n) is 2.87. The minimum atomic E-state index is -0.195. The molecule has 3 heterocycles. The minimum absolute atomic E-state index is 0.164. The molecule has 1 aliphatic heterocycles. The first-order chi connectivity index (χ1) is 13.1. The third-order valence-electron chi connectivity index (χ3n) is 4.13. The van der Waals surface area contributed by atoms with Gasteiger partial charge in [0.15, 0.2) is 0 Å². The van der Waals surface area contributed by atoms with E-state index in [4.69, 9.17) is 16.3 Å². The number of halogens is 1. The molecule has 1 aliphatic rings. The molecule has 0 radical (unpaired) electrons. The first kappa shape index (κ1) is 18.2. The average Bonchev–Trinajstić information content (AvgIpc) is 3.34. The molecule has 9 heteroatoms. The zero-order valence-electron chi connectivity index (χ0n) is 14.3. The summed E-state index contributed by atoms with van der Waals surface area (Å²) in [5.41, 5.74) is 3.29. The van der Waals surface area contributed by atoms with Gasteiger partial charge in [-0.05, 0) is 24.0 Å². The lowest BCUT2D eigenvalue weighted by Crippen LogP contribution is -2.34. The van der Waals surface area contributed by atoms with E-state index in [0.29, 0.717) is 29.4 Å². The maximum Gasteiger partial charge on any atom is 0.270 e. The van der Waals surface area contributed by atoms with Crippen molar-refractivity contribution in [3.05, 3.63) is 52.5 Å². The number of ether oxygens (including phenoxy) is 1. The Morgan fingerprint density at radius 1 is 1.37 bits per heavy atom. The molecule has 1 atom stereocenters. The number of benzene rings is 1. The van der Waals surface area contributed by atoms with Crippen LogP contribution in [0.5, 0.6) is 5.75 Å². The molecule has 4 rings (SSSR count). The highest BCUT2D eigenvalue weighted by molar-refractivity contribution is 8.00. The van der Waals surface area contributed by atoms with E-state index in [1.54, 1.807) is 17.8 Å². The Morgan fingerprint density at radius 2 is 2.19 bits per heavy atom. The highest BCUT2D eigenvalue weighted by atomic mass is 35.5. The number of nitrogens with one attached hydrogen (secondary N) is 1. The molecule has 2 aromatic heterocycles. The highest BCUT2D eigenvalue weighted by Gasteiger charge is 2.27. The van der Waals surface area contributed by atoms with Crippen LogP contribution in [0.4, 0.5) is 0 Å². The maximum absolute atomic E-state index is 12.2. The minimum Gasteiger partial charge on any atom is -0.486 e. The third kappa shape index (κ3) is 3.92. The Bertz CT molecular complexity index is 981. The van der Waals surface area contributed by atoms with E-state index in [-0.39, 0.29) is 12.0 Å². The number of hydrogen-bond acceptors (Lipinski definition) is 7. The van der Waals surface area contributed by atoms with Crippen molar-refractivity contribution in [3.63, 3.8) is 0 Å². The van der Waals surface area contributed by atoms with Crippen LogP contribution >= 0.6 is 34.7 Å². The fourth-order valence-corrected chi connectivity index (χ4v) is 4.39. The number of nitrogens with zero attached hydrogens (tertiary/aromatic N) is 3. The maximum atomic E-state index is 12.2. The van der Waals surface area contributed by atoms with Crippen molar-refractivity contribution in [1.29, 1.82) is 0 Å². The number of fused-ring (bicyclic) bond motifs is 1. The van der Waals surface area contributed by atoms with Gasteiger partial charge in [0, 0.05) is 35.3 Å². The predicted octanol–water partition coefficient (Wildman–Crippen LogP) is 3.71. The number of thiazole rings is 1. The number of thioether (sulfide) groups is 1. The lowest BCUT2D eigenvalue weighted by Gasteiger charge is -2.11. The van der Waals surface area contributed by atoms with Crippen LogP contribution in [0.2, 0.25) is 5.02 Å². The van der Waals surface area contributed by atoms with Gasteiger partial charge in [0.1, 0.15) is 28.2 Å². The Balaban J connectivity index is 1.43. The van der Waals surface area contributed by atoms with Crippen LogP contribution in [0.1, 0.15) is 16.1 Å². The number of amides is 1. The highest BCUT2D eigenvalue weighted by Crippen LogP contribution is 2.39. The standard InChI is InChI=1S/C18H15ClN4O2S2/c1-26-18-23-15(8-27-18)17(24)22-7-13-3-11-2-10(4-14(19)16(11)25-13)12-5-20-9-21-6-12/h2,4-6,8-9,13H,3,7H2,1H3,(H,22,24). The van der Waals surface area contributed by atoms with Crippen LogP contribution in [-0.4, -0.2) is 39.8 Å². The first-order valence-corrected chi connectivity index (χ1v) is 10.6. The van der Waals surface area contributed by atoms with Crippen LogP contribution in [-0.2, 0) is 6.42 Å². The summed E-state index contributed by atoms with van der Waals surface area (Å²) >= 11 is 9.38. The number of carbonyl (C=O) groups is 1. The topological polar surface area (TPSA) is 77.0 Å². The Labute approximate surface area is 169 Å². The molecule has 0 bridgehead atoms. The van der Waals surface area contributed by atoms with Crippen molar-refractivity contribution in [2.75, 3.05) is 12.8 Å². The zero-order chi connectivity index (χ0) is 18.8. The van der Waals surface area contributed by atoms with Crippen LogP contribution in [0, 0.1) is 0 Å². The predicted molar refractivity (Wildman–Crippen MR) is 107 cm³/mol. The monoisotopic (exact) mass is 418 g/mol. The summed E-state index contributed by atoms with van der Waals surface area (Å²) in [4.78, 5) is 24.6. The smallest absolute Gasteiger partial charge is 0.270 e. The van der Waals surface area contributed by atoms with Gasteiger partial charge in [-0.15, -0.1) is 11.3 Å². The lowest BCUT2D eigenvalue weighted by molar-refractivity contribution is 0.0929. The second-order valence-electron chi connectivity index (χ2n) is 5.93. The van der Waals surface area contributed by atoms with Gasteiger partial charge in [-0.2, -0.15) is 0 Å². The summed E-state index contributed by atoms with van der Waals surface area (Å²) in [6.07, 6.45) is 7.42. The van der Waals surface area contributed by atoms with Crippen LogP contribution < -0.4 is 10.1 Å². The fraction of sp³-hybridized carbons (Fsp3) is 0.222. The average molecular weight is 419 g/mol. The number of hydrogen-bond donors (Lipinski definition) is 1. The molecule has 1 amide bonds. The van der Waals surface area contributed by atoms with Crippen molar-refractivity contribution in [2.45, 2.75) is 16.9 Å². The second-order valence-corrected chi connectivity index (χ2v) is 8.25. The van der Waals surface area contributed by atoms with E-state index in [0.717, 1.165) is 21.0 Å². The number of aromatic nitrogens is 3. The molecule has 138 valence electrons. The molecule has 0 saturated carbocycles. The molecule has 0 aliphatic carbocycles. The van der Waals surface area contributed by atoms with E-state index in [9.17, 15) is 4.79 Å². The van der Waals surface area contributed by atoms with Crippen molar-refractivity contribution >= 4 is 40.6 Å². The van der Waals surface area contributed by atoms with Crippen LogP contribution in [0.25, 0.3) is 11.1 Å². The Kier molecular flexibility index (Phi) is 5.29. The van der Waals surface area contributed by atoms with Gasteiger partial charge in [-0.1, -0.05) is 23.4 Å². The molecule has 6 nitrogen and oxygen atoms in total. The van der Waals surface area contributed by atoms with Crippen LogP contribution in [0.15, 0.2) is 40.6 Å². The number of carbonyl (C=O) groups excluding carboxylic acids is 1. The van der Waals surface area contributed by atoms with Gasteiger partial charge < -0.3 is 10.1 Å². The molecule has 1 aromatic carbocycles. The van der Waals surface area contributed by atoms with Crippen molar-refractivity contribution < 1.29 is 9.53 Å².